The summed E-state index contributed by atoms with van der Waals surface area (Å²) in [5, 5.41) is 9.20. The average molecular weight is 331 g/mol. The normalized spacial score (nSPS) is 15.3. The number of thiazole rings is 1. The maximum Gasteiger partial charge on any atom is 0.271 e. The molecule has 1 aromatic carbocycles. The lowest BCUT2D eigenvalue weighted by Gasteiger charge is -2.20. The first-order chi connectivity index (χ1) is 11.3. The van der Waals surface area contributed by atoms with Crippen molar-refractivity contribution in [3.05, 3.63) is 45.9 Å². The molecule has 0 saturated carbocycles. The van der Waals surface area contributed by atoms with Crippen molar-refractivity contribution in [3.8, 4) is 5.75 Å². The van der Waals surface area contributed by atoms with Crippen molar-refractivity contribution in [2.75, 3.05) is 20.2 Å². The molecule has 5 nitrogen and oxygen atoms in total. The van der Waals surface area contributed by atoms with E-state index >= 15 is 0 Å². The fourth-order valence-electron chi connectivity index (χ4n) is 2.76. The second kappa shape index (κ2) is 7.57. The average Bonchev–Trinajstić information content (AvgIpc) is 3.11. The predicted octanol–water partition coefficient (Wildman–Crippen LogP) is 2.55. The molecule has 2 N–H and O–H groups in total. The number of ether oxygens (including phenoxy) is 1. The summed E-state index contributed by atoms with van der Waals surface area (Å²) >= 11 is 1.59. The number of aromatic nitrogens is 1. The van der Waals surface area contributed by atoms with Crippen LogP contribution in [0.5, 0.6) is 5.75 Å². The highest BCUT2D eigenvalue weighted by Crippen LogP contribution is 2.27. The van der Waals surface area contributed by atoms with E-state index in [1.165, 1.54) is 0 Å². The number of nitrogens with zero attached hydrogens (tertiary/aromatic N) is 1. The van der Waals surface area contributed by atoms with E-state index in [0.717, 1.165) is 42.3 Å². The molecule has 0 unspecified atom stereocenters. The Bertz CT molecular complexity index is 665. The summed E-state index contributed by atoms with van der Waals surface area (Å²) in [6, 6.07) is 7.68. The highest BCUT2D eigenvalue weighted by molar-refractivity contribution is 7.09. The van der Waals surface area contributed by atoms with Crippen molar-refractivity contribution in [3.63, 3.8) is 0 Å². The van der Waals surface area contributed by atoms with Gasteiger partial charge in [-0.05, 0) is 32.0 Å². The molecule has 1 saturated heterocycles. The zero-order chi connectivity index (χ0) is 16.1. The summed E-state index contributed by atoms with van der Waals surface area (Å²) in [5.74, 6) is 1.13. The Morgan fingerprint density at radius 1 is 1.39 bits per heavy atom. The van der Waals surface area contributed by atoms with Crippen LogP contribution in [0, 0.1) is 0 Å². The molecule has 1 aliphatic heterocycles. The van der Waals surface area contributed by atoms with E-state index in [-0.39, 0.29) is 5.91 Å². The van der Waals surface area contributed by atoms with Gasteiger partial charge in [0.2, 0.25) is 0 Å². The van der Waals surface area contributed by atoms with Crippen LogP contribution in [0.15, 0.2) is 29.6 Å². The van der Waals surface area contributed by atoms with Crippen molar-refractivity contribution >= 4 is 17.2 Å². The van der Waals surface area contributed by atoms with Crippen LogP contribution in [0.2, 0.25) is 0 Å². The fourth-order valence-corrected chi connectivity index (χ4v) is 3.73. The largest absolute Gasteiger partial charge is 0.496 e. The SMILES string of the molecule is COc1ccccc1CNC(=O)c1csc(C2CCNCC2)n1. The summed E-state index contributed by atoms with van der Waals surface area (Å²) in [6.07, 6.45) is 2.19. The van der Waals surface area contributed by atoms with Gasteiger partial charge in [0.25, 0.3) is 5.91 Å². The number of hydrogen-bond acceptors (Lipinski definition) is 5. The first-order valence-corrected chi connectivity index (χ1v) is 8.72. The Labute approximate surface area is 140 Å². The van der Waals surface area contributed by atoms with Crippen LogP contribution in [0.3, 0.4) is 0 Å². The Kier molecular flexibility index (Phi) is 5.25. The van der Waals surface area contributed by atoms with Gasteiger partial charge < -0.3 is 15.4 Å². The number of nitrogens with one attached hydrogen (secondary N) is 2. The van der Waals surface area contributed by atoms with Crippen LogP contribution in [-0.2, 0) is 6.54 Å². The molecule has 1 amide bonds. The minimum absolute atomic E-state index is 0.132. The van der Waals surface area contributed by atoms with Gasteiger partial charge in [-0.15, -0.1) is 11.3 Å². The molecule has 0 atom stereocenters. The Hall–Kier alpha value is -1.92. The number of benzene rings is 1. The van der Waals surface area contributed by atoms with Crippen LogP contribution in [0.25, 0.3) is 0 Å². The lowest BCUT2D eigenvalue weighted by molar-refractivity contribution is 0.0946. The molecule has 0 radical (unpaired) electrons. The number of methoxy groups -OCH3 is 1. The van der Waals surface area contributed by atoms with Gasteiger partial charge in [0.15, 0.2) is 0 Å². The number of rotatable bonds is 5. The molecule has 0 aliphatic carbocycles. The third-order valence-corrected chi connectivity index (χ3v) is 5.08. The van der Waals surface area contributed by atoms with Crippen LogP contribution in [-0.4, -0.2) is 31.1 Å². The number of piperidine rings is 1. The number of amides is 1. The van der Waals surface area contributed by atoms with E-state index in [4.69, 9.17) is 4.74 Å². The van der Waals surface area contributed by atoms with E-state index in [1.807, 2.05) is 29.6 Å². The van der Waals surface area contributed by atoms with Crippen LogP contribution in [0.4, 0.5) is 0 Å². The Morgan fingerprint density at radius 2 is 2.17 bits per heavy atom. The van der Waals surface area contributed by atoms with Crippen molar-refractivity contribution in [2.45, 2.75) is 25.3 Å². The van der Waals surface area contributed by atoms with Gasteiger partial charge in [0.05, 0.1) is 12.1 Å². The fraction of sp³-hybridized carbons (Fsp3) is 0.412. The summed E-state index contributed by atoms with van der Waals surface area (Å²) in [4.78, 5) is 16.8. The summed E-state index contributed by atoms with van der Waals surface area (Å²) in [7, 11) is 1.63. The molecule has 0 bridgehead atoms. The molecule has 1 fully saturated rings. The molecule has 6 heteroatoms. The maximum atomic E-state index is 12.3. The number of carbonyl (C=O) groups is 1. The third-order valence-electron chi connectivity index (χ3n) is 4.07. The molecule has 122 valence electrons. The molecular formula is C17H21N3O2S. The minimum Gasteiger partial charge on any atom is -0.496 e. The van der Waals surface area contributed by atoms with Crippen molar-refractivity contribution in [1.29, 1.82) is 0 Å². The van der Waals surface area contributed by atoms with Gasteiger partial charge in [-0.3, -0.25) is 4.79 Å². The zero-order valence-corrected chi connectivity index (χ0v) is 14.0. The number of hydrogen-bond donors (Lipinski definition) is 2. The minimum atomic E-state index is -0.132. The summed E-state index contributed by atoms with van der Waals surface area (Å²) in [5.41, 5.74) is 1.47. The standard InChI is InChI=1S/C17H21N3O2S/c1-22-15-5-3-2-4-13(15)10-19-16(21)14-11-23-17(20-14)12-6-8-18-9-7-12/h2-5,11-12,18H,6-10H2,1H3,(H,19,21). The summed E-state index contributed by atoms with van der Waals surface area (Å²) < 4.78 is 5.30. The highest BCUT2D eigenvalue weighted by Gasteiger charge is 2.20. The lowest BCUT2D eigenvalue weighted by Crippen LogP contribution is -2.27. The van der Waals surface area contributed by atoms with Crippen molar-refractivity contribution < 1.29 is 9.53 Å². The molecule has 3 rings (SSSR count). The Morgan fingerprint density at radius 3 is 2.96 bits per heavy atom. The predicted molar refractivity (Wildman–Crippen MR) is 91.1 cm³/mol. The van der Waals surface area contributed by atoms with E-state index in [2.05, 4.69) is 15.6 Å². The van der Waals surface area contributed by atoms with Crippen LogP contribution < -0.4 is 15.4 Å². The maximum absolute atomic E-state index is 12.3. The summed E-state index contributed by atoms with van der Waals surface area (Å²) in [6.45, 7) is 2.49. The monoisotopic (exact) mass is 331 g/mol. The molecule has 23 heavy (non-hydrogen) atoms. The molecular weight excluding hydrogens is 310 g/mol. The van der Waals surface area contributed by atoms with Gasteiger partial charge in [-0.25, -0.2) is 4.98 Å². The second-order valence-corrected chi connectivity index (χ2v) is 6.48. The first kappa shape index (κ1) is 16.0. The topological polar surface area (TPSA) is 63.2 Å². The van der Waals surface area contributed by atoms with Crippen LogP contribution in [0.1, 0.15) is 39.8 Å². The van der Waals surface area contributed by atoms with Gasteiger partial charge in [-0.2, -0.15) is 0 Å². The van der Waals surface area contributed by atoms with Crippen molar-refractivity contribution in [2.24, 2.45) is 0 Å². The lowest BCUT2D eigenvalue weighted by atomic mass is 9.99. The quantitative estimate of drug-likeness (QED) is 0.884. The second-order valence-electron chi connectivity index (χ2n) is 5.59. The van der Waals surface area contributed by atoms with E-state index < -0.39 is 0 Å². The van der Waals surface area contributed by atoms with E-state index in [9.17, 15) is 4.79 Å². The van der Waals surface area contributed by atoms with Crippen molar-refractivity contribution in [1.82, 2.24) is 15.6 Å². The molecule has 1 aliphatic rings. The van der Waals surface area contributed by atoms with E-state index in [0.29, 0.717) is 18.2 Å². The molecule has 2 aromatic rings. The molecule has 0 spiro atoms. The molecule has 1 aromatic heterocycles. The van der Waals surface area contributed by atoms with Gasteiger partial charge in [-0.1, -0.05) is 18.2 Å². The third kappa shape index (κ3) is 3.89. The highest BCUT2D eigenvalue weighted by atomic mass is 32.1. The molecule has 2 heterocycles. The smallest absolute Gasteiger partial charge is 0.271 e. The van der Waals surface area contributed by atoms with Crippen LogP contribution >= 0.6 is 11.3 Å². The van der Waals surface area contributed by atoms with Gasteiger partial charge >= 0.3 is 0 Å². The zero-order valence-electron chi connectivity index (χ0n) is 13.2. The van der Waals surface area contributed by atoms with Gasteiger partial charge in [0, 0.05) is 23.4 Å². The first-order valence-electron chi connectivity index (χ1n) is 7.84. The number of carbonyl (C=O) groups excluding carboxylic acids is 1. The van der Waals surface area contributed by atoms with Gasteiger partial charge in [0.1, 0.15) is 11.4 Å². The number of para-hydroxylation sites is 1. The Balaban J connectivity index is 1.61. The van der Waals surface area contributed by atoms with E-state index in [1.54, 1.807) is 18.4 Å².